The molecular weight excluding hydrogens is 332 g/mol. The summed E-state index contributed by atoms with van der Waals surface area (Å²) in [6.07, 6.45) is 3.27. The first-order chi connectivity index (χ1) is 13.3. The Morgan fingerprint density at radius 3 is 2.07 bits per heavy atom. The average Bonchev–Trinajstić information content (AvgIpc) is 3.36. The summed E-state index contributed by atoms with van der Waals surface area (Å²) in [7, 11) is 0. The number of hydrogen-bond acceptors (Lipinski definition) is 2. The highest BCUT2D eigenvalue weighted by Crippen LogP contribution is 2.41. The van der Waals surface area contributed by atoms with Gasteiger partial charge in [-0.25, -0.2) is 9.67 Å². The van der Waals surface area contributed by atoms with Crippen molar-refractivity contribution in [3.05, 3.63) is 102 Å². The molecule has 1 aromatic heterocycles. The first kappa shape index (κ1) is 16.0. The molecule has 0 radical (unpaired) electrons. The van der Waals surface area contributed by atoms with Crippen LogP contribution in [0, 0.1) is 0 Å². The highest BCUT2D eigenvalue weighted by atomic mass is 15.3. The zero-order valence-corrected chi connectivity index (χ0v) is 15.2. The molecule has 4 nitrogen and oxygen atoms in total. The number of hydrogen-bond donors (Lipinski definition) is 1. The fourth-order valence-electron chi connectivity index (χ4n) is 4.07. The van der Waals surface area contributed by atoms with Gasteiger partial charge in [-0.05, 0) is 30.2 Å². The van der Waals surface area contributed by atoms with Crippen molar-refractivity contribution < 1.29 is 5.32 Å². The molecule has 0 saturated heterocycles. The molecule has 0 spiro atoms. The average molecular weight is 353 g/mol. The van der Waals surface area contributed by atoms with Gasteiger partial charge in [-0.1, -0.05) is 60.7 Å². The Morgan fingerprint density at radius 1 is 0.852 bits per heavy atom. The molecule has 27 heavy (non-hydrogen) atoms. The number of fused-ring (bicyclic) bond motifs is 3. The Bertz CT molecular complexity index is 1020. The van der Waals surface area contributed by atoms with Crippen LogP contribution >= 0.6 is 0 Å². The fourth-order valence-corrected chi connectivity index (χ4v) is 4.07. The van der Waals surface area contributed by atoms with Crippen LogP contribution in [0.5, 0.6) is 0 Å². The summed E-state index contributed by atoms with van der Waals surface area (Å²) in [5, 5.41) is 6.66. The number of nitrogens with two attached hydrogens (primary N) is 1. The van der Waals surface area contributed by atoms with Crippen molar-refractivity contribution in [2.45, 2.75) is 19.0 Å². The van der Waals surface area contributed by atoms with Crippen molar-refractivity contribution in [2.75, 3.05) is 0 Å². The molecule has 2 N–H and O–H groups in total. The molecule has 0 saturated carbocycles. The molecule has 3 aromatic carbocycles. The van der Waals surface area contributed by atoms with Crippen LogP contribution in [0.3, 0.4) is 0 Å². The molecule has 1 aliphatic carbocycles. The minimum absolute atomic E-state index is 0.336. The summed E-state index contributed by atoms with van der Waals surface area (Å²) in [5.74, 6) is 0. The van der Waals surface area contributed by atoms with Gasteiger partial charge in [0.15, 0.2) is 0 Å². The van der Waals surface area contributed by atoms with Gasteiger partial charge in [-0.2, -0.15) is 5.10 Å². The summed E-state index contributed by atoms with van der Waals surface area (Å²) in [6.45, 7) is 2.27. The van der Waals surface area contributed by atoms with Crippen molar-refractivity contribution >= 4 is 0 Å². The van der Waals surface area contributed by atoms with E-state index in [0.29, 0.717) is 12.1 Å². The Hall–Kier alpha value is -3.24. The van der Waals surface area contributed by atoms with Gasteiger partial charge in [-0.15, -0.1) is 0 Å². The third kappa shape index (κ3) is 2.75. The predicted molar refractivity (Wildman–Crippen MR) is 105 cm³/mol. The van der Waals surface area contributed by atoms with Crippen molar-refractivity contribution in [1.29, 1.82) is 0 Å². The molecule has 5 rings (SSSR count). The second-order valence-electron chi connectivity index (χ2n) is 7.06. The largest absolute Gasteiger partial charge is 0.330 e. The first-order valence-corrected chi connectivity index (χ1v) is 9.29. The van der Waals surface area contributed by atoms with Crippen LogP contribution in [0.2, 0.25) is 0 Å². The van der Waals surface area contributed by atoms with Crippen molar-refractivity contribution in [2.24, 2.45) is 0 Å². The lowest BCUT2D eigenvalue weighted by Crippen LogP contribution is -2.85. The van der Waals surface area contributed by atoms with E-state index in [0.717, 1.165) is 5.69 Å². The zero-order valence-electron chi connectivity index (χ0n) is 15.2. The highest BCUT2D eigenvalue weighted by molar-refractivity contribution is 5.77. The fraction of sp³-hybridized carbons (Fsp3) is 0.130. The quantitative estimate of drug-likeness (QED) is 0.609. The van der Waals surface area contributed by atoms with Crippen molar-refractivity contribution in [3.8, 4) is 16.8 Å². The Morgan fingerprint density at radius 2 is 1.48 bits per heavy atom. The van der Waals surface area contributed by atoms with Gasteiger partial charge in [0, 0.05) is 16.7 Å². The lowest BCUT2D eigenvalue weighted by molar-refractivity contribution is -0.722. The normalized spacial score (nSPS) is 14.0. The van der Waals surface area contributed by atoms with Crippen molar-refractivity contribution in [1.82, 2.24) is 14.8 Å². The van der Waals surface area contributed by atoms with Crippen LogP contribution in [-0.2, 0) is 0 Å². The summed E-state index contributed by atoms with van der Waals surface area (Å²) < 4.78 is 1.78. The second kappa shape index (κ2) is 6.49. The maximum atomic E-state index is 4.19. The molecule has 4 heteroatoms. The van der Waals surface area contributed by atoms with E-state index in [1.54, 1.807) is 17.3 Å². The molecule has 4 aromatic rings. The van der Waals surface area contributed by atoms with Crippen LogP contribution in [0.1, 0.15) is 35.7 Å². The summed E-state index contributed by atoms with van der Waals surface area (Å²) in [6, 6.07) is 26.8. The first-order valence-electron chi connectivity index (χ1n) is 9.29. The third-order valence-electron chi connectivity index (χ3n) is 5.47. The standard InChI is InChI=1S/C23H20N4/c1-16(17-10-12-18(13-11-17)27-15-24-14-25-27)26-23-21-8-4-2-6-19(21)20-7-3-5-9-22(20)23/h2-16,23,26H,1H3/p+1/t16-/m1/s1. The number of rotatable bonds is 4. The monoisotopic (exact) mass is 353 g/mol. The lowest BCUT2D eigenvalue weighted by atomic mass is 10.0. The Kier molecular flexibility index (Phi) is 3.84. The van der Waals surface area contributed by atoms with Gasteiger partial charge in [0.25, 0.3) is 0 Å². The molecule has 0 amide bonds. The minimum atomic E-state index is 0.336. The SMILES string of the molecule is C[C@@H]([NH2+]C1c2ccccc2-c2ccccc21)c1ccc(-n2cncn2)cc1. The van der Waals surface area contributed by atoms with E-state index in [9.17, 15) is 0 Å². The van der Waals surface area contributed by atoms with Crippen LogP contribution in [-0.4, -0.2) is 14.8 Å². The van der Waals surface area contributed by atoms with Crippen LogP contribution < -0.4 is 5.32 Å². The summed E-state index contributed by atoms with van der Waals surface area (Å²) in [4.78, 5) is 4.01. The maximum Gasteiger partial charge on any atom is 0.139 e. The Labute approximate surface area is 158 Å². The number of aromatic nitrogens is 3. The maximum absolute atomic E-state index is 4.19. The summed E-state index contributed by atoms with van der Waals surface area (Å²) in [5.41, 5.74) is 7.88. The van der Waals surface area contributed by atoms with E-state index in [2.05, 4.69) is 95.1 Å². The van der Waals surface area contributed by atoms with E-state index in [4.69, 9.17) is 0 Å². The predicted octanol–water partition coefficient (Wildman–Crippen LogP) is 3.66. The Balaban J connectivity index is 1.43. The minimum Gasteiger partial charge on any atom is -0.330 e. The molecule has 132 valence electrons. The molecular formula is C23H21N4+. The number of quaternary nitrogens is 1. The molecule has 1 aliphatic rings. The molecule has 1 heterocycles. The van der Waals surface area contributed by atoms with E-state index in [-0.39, 0.29) is 0 Å². The van der Waals surface area contributed by atoms with Crippen LogP contribution in [0.4, 0.5) is 0 Å². The van der Waals surface area contributed by atoms with Gasteiger partial charge in [0.05, 0.1) is 5.69 Å². The van der Waals surface area contributed by atoms with Crippen LogP contribution in [0.25, 0.3) is 16.8 Å². The molecule has 0 bridgehead atoms. The summed E-state index contributed by atoms with van der Waals surface area (Å²) >= 11 is 0. The molecule has 0 aliphatic heterocycles. The van der Waals surface area contributed by atoms with E-state index in [1.165, 1.54) is 27.8 Å². The van der Waals surface area contributed by atoms with E-state index in [1.807, 2.05) is 0 Å². The van der Waals surface area contributed by atoms with Crippen LogP contribution in [0.15, 0.2) is 85.5 Å². The second-order valence-corrected chi connectivity index (χ2v) is 7.06. The highest BCUT2D eigenvalue weighted by Gasteiger charge is 2.32. The molecule has 1 atom stereocenters. The van der Waals surface area contributed by atoms with Gasteiger partial charge >= 0.3 is 0 Å². The number of nitrogens with zero attached hydrogens (tertiary/aromatic N) is 3. The third-order valence-corrected chi connectivity index (χ3v) is 5.47. The topological polar surface area (TPSA) is 47.3 Å². The van der Waals surface area contributed by atoms with Gasteiger partial charge in [0.1, 0.15) is 24.7 Å². The van der Waals surface area contributed by atoms with E-state index >= 15 is 0 Å². The zero-order chi connectivity index (χ0) is 18.2. The number of benzene rings is 3. The van der Waals surface area contributed by atoms with E-state index < -0.39 is 0 Å². The lowest BCUT2D eigenvalue weighted by Gasteiger charge is -2.19. The van der Waals surface area contributed by atoms with Gasteiger partial charge < -0.3 is 5.32 Å². The molecule has 0 fully saturated rings. The molecule has 0 unspecified atom stereocenters. The van der Waals surface area contributed by atoms with Crippen molar-refractivity contribution in [3.63, 3.8) is 0 Å². The smallest absolute Gasteiger partial charge is 0.139 e. The van der Waals surface area contributed by atoms with Gasteiger partial charge in [0.2, 0.25) is 0 Å². The van der Waals surface area contributed by atoms with Gasteiger partial charge in [-0.3, -0.25) is 0 Å².